The Morgan fingerprint density at radius 3 is 2.59 bits per heavy atom. The van der Waals surface area contributed by atoms with Gasteiger partial charge in [0.15, 0.2) is 6.10 Å². The van der Waals surface area contributed by atoms with Crippen LogP contribution in [0.15, 0.2) is 45.9 Å². The molecule has 1 aromatic heterocycles. The number of nitro benzene ring substituents is 1. The third-order valence-electron chi connectivity index (χ3n) is 4.17. The van der Waals surface area contributed by atoms with E-state index in [-0.39, 0.29) is 18.8 Å². The predicted molar refractivity (Wildman–Crippen MR) is 117 cm³/mol. The minimum atomic E-state index is -4.33. The number of benzene rings is 1. The van der Waals surface area contributed by atoms with E-state index >= 15 is 0 Å². The zero-order valence-corrected chi connectivity index (χ0v) is 19.0. The quantitative estimate of drug-likeness (QED) is 0.196. The van der Waals surface area contributed by atoms with Gasteiger partial charge in [0.05, 0.1) is 22.6 Å². The van der Waals surface area contributed by atoms with E-state index in [1.165, 1.54) is 19.3 Å². The van der Waals surface area contributed by atoms with Crippen LogP contribution >= 0.6 is 0 Å². The van der Waals surface area contributed by atoms with Crippen molar-refractivity contribution in [3.63, 3.8) is 0 Å². The first-order chi connectivity index (χ1) is 16.0. The Morgan fingerprint density at radius 1 is 1.24 bits per heavy atom. The molecule has 3 amide bonds. The minimum absolute atomic E-state index is 0.0618. The number of urea groups is 1. The van der Waals surface area contributed by atoms with Gasteiger partial charge in [0.25, 0.3) is 11.6 Å². The van der Waals surface area contributed by atoms with Gasteiger partial charge < -0.3 is 19.8 Å². The maximum Gasteiger partial charge on any atom is 0.321 e. The van der Waals surface area contributed by atoms with E-state index in [2.05, 4.69) is 10.6 Å². The third-order valence-corrected chi connectivity index (χ3v) is 5.57. The Labute approximate surface area is 194 Å². The number of esters is 1. The van der Waals surface area contributed by atoms with Gasteiger partial charge in [0, 0.05) is 12.6 Å². The summed E-state index contributed by atoms with van der Waals surface area (Å²) >= 11 is 0. The number of nitro groups is 1. The molecule has 34 heavy (non-hydrogen) atoms. The zero-order valence-electron chi connectivity index (χ0n) is 18.2. The van der Waals surface area contributed by atoms with Gasteiger partial charge in [-0.15, -0.1) is 0 Å². The maximum absolute atomic E-state index is 12.5. The van der Waals surface area contributed by atoms with E-state index in [1.54, 1.807) is 19.1 Å². The summed E-state index contributed by atoms with van der Waals surface area (Å²) in [7, 11) is -4.33. The molecule has 15 heteroatoms. The molecule has 0 fully saturated rings. The number of nitrogens with one attached hydrogen (secondary N) is 4. The van der Waals surface area contributed by atoms with Crippen molar-refractivity contribution in [2.24, 2.45) is 0 Å². The summed E-state index contributed by atoms with van der Waals surface area (Å²) in [6.45, 7) is 2.38. The molecule has 0 aliphatic carbocycles. The van der Waals surface area contributed by atoms with Gasteiger partial charge in [-0.2, -0.15) is 4.72 Å². The molecule has 0 aliphatic heterocycles. The first-order valence-electron chi connectivity index (χ1n) is 9.86. The average Bonchev–Trinajstić information content (AvgIpc) is 3.30. The fourth-order valence-corrected chi connectivity index (χ4v) is 3.51. The summed E-state index contributed by atoms with van der Waals surface area (Å²) < 4.78 is 36.9. The first kappa shape index (κ1) is 26.3. The van der Waals surface area contributed by atoms with Gasteiger partial charge >= 0.3 is 12.0 Å². The molecule has 1 heterocycles. The van der Waals surface area contributed by atoms with Crippen LogP contribution in [-0.2, 0) is 30.9 Å². The molecular formula is C19H23N5O9S. The zero-order chi connectivity index (χ0) is 25.3. The van der Waals surface area contributed by atoms with Gasteiger partial charge in [-0.25, -0.2) is 13.2 Å². The number of ether oxygens (including phenoxy) is 1. The van der Waals surface area contributed by atoms with Crippen LogP contribution in [0.2, 0.25) is 0 Å². The number of furan rings is 1. The first-order valence-corrected chi connectivity index (χ1v) is 11.3. The highest BCUT2D eigenvalue weighted by Crippen LogP contribution is 2.28. The number of carbonyl (C=O) groups is 3. The highest BCUT2D eigenvalue weighted by atomic mass is 32.2. The Kier molecular flexibility index (Phi) is 9.09. The molecule has 0 saturated heterocycles. The maximum atomic E-state index is 12.5. The topological polar surface area (TPSA) is 199 Å². The van der Waals surface area contributed by atoms with Crippen molar-refractivity contribution in [3.8, 4) is 0 Å². The van der Waals surface area contributed by atoms with Gasteiger partial charge in [-0.05, 0) is 38.1 Å². The Hall–Kier alpha value is -3.98. The molecule has 1 atom stereocenters. The Morgan fingerprint density at radius 2 is 1.97 bits per heavy atom. The summed E-state index contributed by atoms with van der Waals surface area (Å²) in [4.78, 5) is 45.2. The molecule has 0 radical (unpaired) electrons. The second-order valence-corrected chi connectivity index (χ2v) is 8.44. The molecule has 1 aromatic carbocycles. The van der Waals surface area contributed by atoms with Crippen molar-refractivity contribution < 1.29 is 36.9 Å². The number of anilines is 1. The van der Waals surface area contributed by atoms with Crippen LogP contribution in [0, 0.1) is 10.1 Å². The molecule has 4 N–H and O–H groups in total. The average molecular weight is 497 g/mol. The monoisotopic (exact) mass is 497 g/mol. The molecule has 2 rings (SSSR count). The summed E-state index contributed by atoms with van der Waals surface area (Å²) in [5.74, 6) is -1.50. The van der Waals surface area contributed by atoms with E-state index in [9.17, 15) is 32.9 Å². The molecule has 0 bridgehead atoms. The van der Waals surface area contributed by atoms with Crippen LogP contribution in [0.3, 0.4) is 0 Å². The molecular weight excluding hydrogens is 474 g/mol. The Bertz CT molecular complexity index is 1150. The highest BCUT2D eigenvalue weighted by molar-refractivity contribution is 7.89. The van der Waals surface area contributed by atoms with Crippen molar-refractivity contribution in [3.05, 3.63) is 52.5 Å². The standard InChI is InChI=1S/C19H23N5O9S/c1-3-20-19(27)23-18(26)12(2)33-17(25)11-22-34(30,31)14-6-7-15(16(9-14)24(28)29)21-10-13-5-4-8-32-13/h4-9,12,21-22H,3,10-11H2,1-2H3,(H2,20,23,26,27). The molecule has 2 aromatic rings. The Balaban J connectivity index is 2.00. The second kappa shape index (κ2) is 11.8. The van der Waals surface area contributed by atoms with Crippen LogP contribution in [0.25, 0.3) is 0 Å². The van der Waals surface area contributed by atoms with Crippen LogP contribution in [0.1, 0.15) is 19.6 Å². The van der Waals surface area contributed by atoms with Gasteiger partial charge in [-0.1, -0.05) is 0 Å². The van der Waals surface area contributed by atoms with Crippen molar-refractivity contribution in [2.75, 3.05) is 18.4 Å². The number of imide groups is 1. The minimum Gasteiger partial charge on any atom is -0.467 e. The summed E-state index contributed by atoms with van der Waals surface area (Å²) in [6, 6.07) is 5.69. The number of sulfonamides is 1. The van der Waals surface area contributed by atoms with E-state index in [4.69, 9.17) is 9.15 Å². The summed E-state index contributed by atoms with van der Waals surface area (Å²) in [5, 5.41) is 18.5. The van der Waals surface area contributed by atoms with Crippen molar-refractivity contribution in [2.45, 2.75) is 31.4 Å². The number of amides is 3. The van der Waals surface area contributed by atoms with Gasteiger partial charge in [0.1, 0.15) is 18.0 Å². The summed E-state index contributed by atoms with van der Waals surface area (Å²) in [6.07, 6.45) is 0.0638. The lowest BCUT2D eigenvalue weighted by Gasteiger charge is -2.13. The molecule has 0 aliphatic rings. The van der Waals surface area contributed by atoms with Crippen LogP contribution in [-0.4, -0.2) is 50.4 Å². The number of hydrogen-bond acceptors (Lipinski definition) is 10. The van der Waals surface area contributed by atoms with Gasteiger partial charge in [0.2, 0.25) is 10.0 Å². The molecule has 14 nitrogen and oxygen atoms in total. The van der Waals surface area contributed by atoms with Crippen LogP contribution < -0.4 is 20.7 Å². The van der Waals surface area contributed by atoms with Crippen LogP contribution in [0.4, 0.5) is 16.2 Å². The number of carbonyl (C=O) groups excluding carboxylic acids is 3. The van der Waals surface area contributed by atoms with Crippen molar-refractivity contribution in [1.29, 1.82) is 0 Å². The van der Waals surface area contributed by atoms with E-state index in [0.717, 1.165) is 12.1 Å². The van der Waals surface area contributed by atoms with Crippen molar-refractivity contribution in [1.82, 2.24) is 15.4 Å². The van der Waals surface area contributed by atoms with E-state index in [1.807, 2.05) is 10.0 Å². The normalized spacial score (nSPS) is 11.8. The van der Waals surface area contributed by atoms with Crippen LogP contribution in [0.5, 0.6) is 0 Å². The fourth-order valence-electron chi connectivity index (χ4n) is 2.52. The second-order valence-electron chi connectivity index (χ2n) is 6.67. The fraction of sp³-hybridized carbons (Fsp3) is 0.316. The lowest BCUT2D eigenvalue weighted by molar-refractivity contribution is -0.384. The lowest BCUT2D eigenvalue weighted by atomic mass is 10.2. The number of rotatable bonds is 11. The van der Waals surface area contributed by atoms with E-state index < -0.39 is 56.1 Å². The smallest absolute Gasteiger partial charge is 0.321 e. The van der Waals surface area contributed by atoms with Crippen molar-refractivity contribution >= 4 is 39.3 Å². The highest BCUT2D eigenvalue weighted by Gasteiger charge is 2.24. The number of nitrogens with zero attached hydrogens (tertiary/aromatic N) is 1. The molecule has 184 valence electrons. The van der Waals surface area contributed by atoms with E-state index in [0.29, 0.717) is 5.76 Å². The molecule has 0 saturated carbocycles. The SMILES string of the molecule is CCNC(=O)NC(=O)C(C)OC(=O)CNS(=O)(=O)c1ccc(NCc2ccco2)c([N+](=O)[O-])c1. The van der Waals surface area contributed by atoms with Gasteiger partial charge in [-0.3, -0.25) is 25.0 Å². The number of hydrogen-bond donors (Lipinski definition) is 4. The summed E-state index contributed by atoms with van der Waals surface area (Å²) in [5.41, 5.74) is -0.445. The molecule has 0 spiro atoms. The third kappa shape index (κ3) is 7.56. The lowest BCUT2D eigenvalue weighted by Crippen LogP contribution is -2.45. The largest absolute Gasteiger partial charge is 0.467 e. The predicted octanol–water partition coefficient (Wildman–Crippen LogP) is 0.856. The molecule has 1 unspecified atom stereocenters.